The zero-order valence-corrected chi connectivity index (χ0v) is 8.99. The minimum Gasteiger partial charge on any atom is -0.480 e. The first-order valence-corrected chi connectivity index (χ1v) is 4.70. The van der Waals surface area contributed by atoms with Gasteiger partial charge in [0.1, 0.15) is 6.54 Å². The molecular weight excluding hydrogens is 196 g/mol. The van der Waals surface area contributed by atoms with Gasteiger partial charge < -0.3 is 15.3 Å². The summed E-state index contributed by atoms with van der Waals surface area (Å²) < 4.78 is 0. The molecule has 0 aromatic carbocycles. The number of terminal acetylenes is 1. The lowest BCUT2D eigenvalue weighted by atomic mass is 10.2. The number of likely N-dealkylation sites (N-methyl/N-ethyl adjacent to an activating group) is 1. The third-order valence-electron chi connectivity index (χ3n) is 1.80. The van der Waals surface area contributed by atoms with Crippen molar-refractivity contribution in [3.05, 3.63) is 0 Å². The number of carbonyl (C=O) groups is 2. The summed E-state index contributed by atoms with van der Waals surface area (Å²) >= 11 is 0. The van der Waals surface area contributed by atoms with Gasteiger partial charge in [-0.1, -0.05) is 19.3 Å². The van der Waals surface area contributed by atoms with Gasteiger partial charge in [-0.15, -0.1) is 6.42 Å². The predicted octanol–water partition coefficient (Wildman–Crippen LogP) is 0.514. The maximum absolute atomic E-state index is 11.4. The fraction of sp³-hybridized carbons (Fsp3) is 0.600. The monoisotopic (exact) mass is 212 g/mol. The molecular formula is C10H16N2O3. The van der Waals surface area contributed by atoms with Crippen molar-refractivity contribution in [2.24, 2.45) is 0 Å². The van der Waals surface area contributed by atoms with Gasteiger partial charge in [-0.3, -0.25) is 4.79 Å². The molecule has 2 amide bonds. The molecule has 0 spiro atoms. The number of carboxylic acid groups (broad SMARTS) is 1. The van der Waals surface area contributed by atoms with E-state index in [1.54, 1.807) is 0 Å². The number of carbonyl (C=O) groups excluding carboxylic acids is 1. The third-order valence-corrected chi connectivity index (χ3v) is 1.80. The van der Waals surface area contributed by atoms with Crippen molar-refractivity contribution in [3.63, 3.8) is 0 Å². The van der Waals surface area contributed by atoms with Gasteiger partial charge in [0.05, 0.1) is 6.04 Å². The molecule has 0 aliphatic rings. The number of urea groups is 1. The second-order valence-electron chi connectivity index (χ2n) is 3.21. The number of nitrogens with zero attached hydrogens (tertiary/aromatic N) is 1. The highest BCUT2D eigenvalue weighted by Crippen LogP contribution is 1.96. The standard InChI is InChI=1S/C10H16N2O3/c1-4-6-8(5-2)11-10(15)12(3)7-9(13)14/h2,8H,4,6-7H2,1,3H3,(H,11,15)(H,13,14). The van der Waals surface area contributed by atoms with Gasteiger partial charge in [0.25, 0.3) is 0 Å². The van der Waals surface area contributed by atoms with Crippen LogP contribution in [0.15, 0.2) is 0 Å². The summed E-state index contributed by atoms with van der Waals surface area (Å²) in [5.41, 5.74) is 0. The second-order valence-corrected chi connectivity index (χ2v) is 3.21. The van der Waals surface area contributed by atoms with Crippen LogP contribution in [0.5, 0.6) is 0 Å². The van der Waals surface area contributed by atoms with E-state index < -0.39 is 12.0 Å². The highest BCUT2D eigenvalue weighted by molar-refractivity contribution is 5.80. The van der Waals surface area contributed by atoms with Crippen LogP contribution >= 0.6 is 0 Å². The molecule has 0 aromatic rings. The van der Waals surface area contributed by atoms with E-state index in [-0.39, 0.29) is 12.6 Å². The lowest BCUT2D eigenvalue weighted by Crippen LogP contribution is -2.44. The zero-order valence-electron chi connectivity index (χ0n) is 8.99. The van der Waals surface area contributed by atoms with Gasteiger partial charge in [0.2, 0.25) is 0 Å². The highest BCUT2D eigenvalue weighted by Gasteiger charge is 2.14. The van der Waals surface area contributed by atoms with Crippen LogP contribution in [0.25, 0.3) is 0 Å². The molecule has 15 heavy (non-hydrogen) atoms. The first kappa shape index (κ1) is 13.3. The van der Waals surface area contributed by atoms with E-state index in [1.165, 1.54) is 7.05 Å². The van der Waals surface area contributed by atoms with Crippen LogP contribution in [0.4, 0.5) is 4.79 Å². The molecule has 0 fully saturated rings. The van der Waals surface area contributed by atoms with Gasteiger partial charge in [-0.2, -0.15) is 0 Å². The molecule has 0 heterocycles. The number of aliphatic carboxylic acids is 1. The average Bonchev–Trinajstić information content (AvgIpc) is 2.15. The van der Waals surface area contributed by atoms with E-state index in [1.807, 2.05) is 6.92 Å². The van der Waals surface area contributed by atoms with Gasteiger partial charge >= 0.3 is 12.0 Å². The SMILES string of the molecule is C#CC(CCC)NC(=O)N(C)CC(=O)O. The zero-order chi connectivity index (χ0) is 11.8. The molecule has 84 valence electrons. The topological polar surface area (TPSA) is 69.6 Å². The number of nitrogens with one attached hydrogen (secondary N) is 1. The highest BCUT2D eigenvalue weighted by atomic mass is 16.4. The summed E-state index contributed by atoms with van der Waals surface area (Å²) in [6, 6.07) is -0.799. The Morgan fingerprint density at radius 1 is 1.60 bits per heavy atom. The molecule has 0 aromatic heterocycles. The summed E-state index contributed by atoms with van der Waals surface area (Å²) in [7, 11) is 1.41. The Bertz CT molecular complexity index is 270. The van der Waals surface area contributed by atoms with Crippen molar-refractivity contribution in [1.82, 2.24) is 10.2 Å². The average molecular weight is 212 g/mol. The fourth-order valence-corrected chi connectivity index (χ4v) is 1.02. The minimum atomic E-state index is -1.06. The molecule has 0 saturated heterocycles. The quantitative estimate of drug-likeness (QED) is 0.652. The first-order chi connectivity index (χ1) is 7.01. The molecule has 0 saturated carbocycles. The van der Waals surface area contributed by atoms with E-state index >= 15 is 0 Å². The normalized spacial score (nSPS) is 11.3. The van der Waals surface area contributed by atoms with Crippen molar-refractivity contribution in [3.8, 4) is 12.3 Å². The molecule has 0 aliphatic heterocycles. The van der Waals surface area contributed by atoms with E-state index in [0.717, 1.165) is 11.3 Å². The molecule has 0 bridgehead atoms. The van der Waals surface area contributed by atoms with Crippen molar-refractivity contribution >= 4 is 12.0 Å². The lowest BCUT2D eigenvalue weighted by molar-refractivity contribution is -0.137. The molecule has 2 N–H and O–H groups in total. The number of amides is 2. The smallest absolute Gasteiger partial charge is 0.323 e. The van der Waals surface area contributed by atoms with E-state index in [4.69, 9.17) is 11.5 Å². The second kappa shape index (κ2) is 6.71. The molecule has 0 radical (unpaired) electrons. The molecule has 5 nitrogen and oxygen atoms in total. The van der Waals surface area contributed by atoms with E-state index in [2.05, 4.69) is 11.2 Å². The van der Waals surface area contributed by atoms with Crippen molar-refractivity contribution < 1.29 is 14.7 Å². The Hall–Kier alpha value is -1.70. The van der Waals surface area contributed by atoms with E-state index in [9.17, 15) is 9.59 Å². The number of carboxylic acids is 1. The predicted molar refractivity (Wildman–Crippen MR) is 56.3 cm³/mol. The fourth-order valence-electron chi connectivity index (χ4n) is 1.02. The third kappa shape index (κ3) is 5.57. The summed E-state index contributed by atoms with van der Waals surface area (Å²) in [4.78, 5) is 22.8. The molecule has 0 rings (SSSR count). The van der Waals surface area contributed by atoms with Gasteiger partial charge in [-0.05, 0) is 6.42 Å². The Morgan fingerprint density at radius 2 is 2.20 bits per heavy atom. The van der Waals surface area contributed by atoms with Gasteiger partial charge in [0.15, 0.2) is 0 Å². The number of hydrogen-bond acceptors (Lipinski definition) is 2. The van der Waals surface area contributed by atoms with Crippen LogP contribution in [-0.4, -0.2) is 41.6 Å². The van der Waals surface area contributed by atoms with Crippen LogP contribution < -0.4 is 5.32 Å². The molecule has 1 unspecified atom stereocenters. The summed E-state index contributed by atoms with van der Waals surface area (Å²) in [5.74, 6) is 1.38. The lowest BCUT2D eigenvalue weighted by Gasteiger charge is -2.18. The maximum atomic E-state index is 11.4. The largest absolute Gasteiger partial charge is 0.480 e. The van der Waals surface area contributed by atoms with Crippen LogP contribution in [0.2, 0.25) is 0 Å². The Morgan fingerprint density at radius 3 is 2.60 bits per heavy atom. The van der Waals surface area contributed by atoms with Crippen LogP contribution in [0.3, 0.4) is 0 Å². The number of rotatable bonds is 5. The summed E-state index contributed by atoms with van der Waals surface area (Å²) in [6.45, 7) is 1.62. The molecule has 0 aliphatic carbocycles. The first-order valence-electron chi connectivity index (χ1n) is 4.70. The number of hydrogen-bond donors (Lipinski definition) is 2. The van der Waals surface area contributed by atoms with Crippen molar-refractivity contribution in [1.29, 1.82) is 0 Å². The van der Waals surface area contributed by atoms with Crippen molar-refractivity contribution in [2.75, 3.05) is 13.6 Å². The van der Waals surface area contributed by atoms with Crippen LogP contribution in [0.1, 0.15) is 19.8 Å². The van der Waals surface area contributed by atoms with Crippen LogP contribution in [-0.2, 0) is 4.79 Å². The molecule has 1 atom stereocenters. The minimum absolute atomic E-state index is 0.334. The summed E-state index contributed by atoms with van der Waals surface area (Å²) in [5, 5.41) is 11.0. The Kier molecular flexibility index (Phi) is 5.95. The van der Waals surface area contributed by atoms with Gasteiger partial charge in [-0.25, -0.2) is 4.79 Å². The van der Waals surface area contributed by atoms with Gasteiger partial charge in [0, 0.05) is 7.05 Å². The van der Waals surface area contributed by atoms with Crippen LogP contribution in [0, 0.1) is 12.3 Å². The maximum Gasteiger partial charge on any atom is 0.323 e. The summed E-state index contributed by atoms with van der Waals surface area (Å²) in [6.07, 6.45) is 6.75. The molecule has 5 heteroatoms. The van der Waals surface area contributed by atoms with Crippen molar-refractivity contribution in [2.45, 2.75) is 25.8 Å². The Balaban J connectivity index is 4.11. The Labute approximate surface area is 89.4 Å². The van der Waals surface area contributed by atoms with E-state index in [0.29, 0.717) is 6.42 Å².